The first kappa shape index (κ1) is 22.9. The summed E-state index contributed by atoms with van der Waals surface area (Å²) in [5.74, 6) is 0.238. The molecule has 2 N–H and O–H groups in total. The van der Waals surface area contributed by atoms with Gasteiger partial charge in [0.05, 0.1) is 17.1 Å². The molecule has 0 aliphatic carbocycles. The third-order valence-corrected chi connectivity index (χ3v) is 6.13. The van der Waals surface area contributed by atoms with Crippen molar-refractivity contribution in [2.24, 2.45) is 0 Å². The number of carbonyl (C=O) groups is 1. The lowest BCUT2D eigenvalue weighted by molar-refractivity contribution is 0.102. The number of nitrogens with one attached hydrogen (secondary N) is 2. The minimum Gasteiger partial charge on any atom is -0.493 e. The van der Waals surface area contributed by atoms with Gasteiger partial charge in [0.2, 0.25) is 10.0 Å². The van der Waals surface area contributed by atoms with E-state index < -0.39 is 10.0 Å². The van der Waals surface area contributed by atoms with Gasteiger partial charge < -0.3 is 10.1 Å². The van der Waals surface area contributed by atoms with Gasteiger partial charge in [-0.2, -0.15) is 0 Å². The van der Waals surface area contributed by atoms with Crippen LogP contribution >= 0.6 is 0 Å². The highest BCUT2D eigenvalue weighted by molar-refractivity contribution is 7.89. The molecule has 1 atom stereocenters. The second-order valence-corrected chi connectivity index (χ2v) is 8.67. The Labute approximate surface area is 173 Å². The molecule has 1 unspecified atom stereocenters. The van der Waals surface area contributed by atoms with Crippen molar-refractivity contribution in [3.63, 3.8) is 0 Å². The monoisotopic (exact) mass is 418 g/mol. The number of para-hydroxylation sites is 1. The predicted molar refractivity (Wildman–Crippen MR) is 116 cm³/mol. The lowest BCUT2D eigenvalue weighted by Crippen LogP contribution is -2.31. The number of benzene rings is 2. The van der Waals surface area contributed by atoms with Gasteiger partial charge in [-0.05, 0) is 56.2 Å². The van der Waals surface area contributed by atoms with Gasteiger partial charge in [-0.1, -0.05) is 38.8 Å². The Morgan fingerprint density at radius 1 is 1.03 bits per heavy atom. The normalized spacial score (nSPS) is 12.4. The zero-order valence-corrected chi connectivity index (χ0v) is 18.1. The molecule has 29 heavy (non-hydrogen) atoms. The van der Waals surface area contributed by atoms with E-state index in [1.165, 1.54) is 12.1 Å². The van der Waals surface area contributed by atoms with Crippen LogP contribution in [0.3, 0.4) is 0 Å². The van der Waals surface area contributed by atoms with E-state index in [1.807, 2.05) is 19.9 Å². The summed E-state index contributed by atoms with van der Waals surface area (Å²) < 4.78 is 33.0. The highest BCUT2D eigenvalue weighted by Gasteiger charge is 2.17. The molecule has 0 fully saturated rings. The van der Waals surface area contributed by atoms with Gasteiger partial charge in [-0.25, -0.2) is 13.1 Å². The van der Waals surface area contributed by atoms with Crippen molar-refractivity contribution in [2.45, 2.75) is 57.4 Å². The molecule has 0 aromatic heterocycles. The second kappa shape index (κ2) is 11.0. The molecule has 2 aromatic rings. The maximum absolute atomic E-state index is 12.7. The molecule has 6 nitrogen and oxygen atoms in total. The molecule has 1 amide bonds. The van der Waals surface area contributed by atoms with Gasteiger partial charge in [-0.3, -0.25) is 4.79 Å². The van der Waals surface area contributed by atoms with Crippen molar-refractivity contribution in [1.29, 1.82) is 0 Å². The van der Waals surface area contributed by atoms with Crippen molar-refractivity contribution in [2.75, 3.05) is 11.9 Å². The Bertz CT molecular complexity index is 895. The maximum atomic E-state index is 12.7. The summed E-state index contributed by atoms with van der Waals surface area (Å²) in [4.78, 5) is 12.8. The standard InChI is InChI=1S/C22H30N2O4S/c1-4-6-9-16-28-21-11-8-7-10-20(21)22(25)23-18-12-14-19(15-13-18)29(26,27)24-17(3)5-2/h7-8,10-15,17,24H,4-6,9,16H2,1-3H3,(H,23,25). The number of anilines is 1. The fourth-order valence-electron chi connectivity index (χ4n) is 2.65. The minimum absolute atomic E-state index is 0.145. The fraction of sp³-hybridized carbons (Fsp3) is 0.409. The highest BCUT2D eigenvalue weighted by Crippen LogP contribution is 2.21. The first-order valence-electron chi connectivity index (χ1n) is 10.0. The van der Waals surface area contributed by atoms with Crippen LogP contribution in [-0.4, -0.2) is 27.0 Å². The summed E-state index contributed by atoms with van der Waals surface area (Å²) >= 11 is 0. The molecule has 0 aliphatic rings. The molecular formula is C22H30N2O4S. The molecule has 0 bridgehead atoms. The molecule has 7 heteroatoms. The van der Waals surface area contributed by atoms with Crippen LogP contribution < -0.4 is 14.8 Å². The van der Waals surface area contributed by atoms with E-state index in [1.54, 1.807) is 30.3 Å². The molecule has 2 rings (SSSR count). The number of carbonyl (C=O) groups excluding carboxylic acids is 1. The second-order valence-electron chi connectivity index (χ2n) is 6.96. The van der Waals surface area contributed by atoms with Crippen molar-refractivity contribution in [3.05, 3.63) is 54.1 Å². The number of sulfonamides is 1. The summed E-state index contributed by atoms with van der Waals surface area (Å²) in [6, 6.07) is 13.1. The molecule has 0 heterocycles. The maximum Gasteiger partial charge on any atom is 0.259 e. The predicted octanol–water partition coefficient (Wildman–Crippen LogP) is 4.58. The number of hydrogen-bond acceptors (Lipinski definition) is 4. The smallest absolute Gasteiger partial charge is 0.259 e. The zero-order valence-electron chi connectivity index (χ0n) is 17.3. The first-order chi connectivity index (χ1) is 13.9. The summed E-state index contributed by atoms with van der Waals surface area (Å²) in [7, 11) is -3.57. The van der Waals surface area contributed by atoms with Gasteiger partial charge >= 0.3 is 0 Å². The molecule has 0 radical (unpaired) electrons. The Kier molecular flexibility index (Phi) is 8.67. The van der Waals surface area contributed by atoms with E-state index >= 15 is 0 Å². The molecule has 0 saturated heterocycles. The lowest BCUT2D eigenvalue weighted by Gasteiger charge is -2.13. The average molecular weight is 419 g/mol. The van der Waals surface area contributed by atoms with E-state index in [4.69, 9.17) is 4.74 Å². The molecular weight excluding hydrogens is 388 g/mol. The van der Waals surface area contributed by atoms with Crippen molar-refractivity contribution in [3.8, 4) is 5.75 Å². The van der Waals surface area contributed by atoms with Crippen molar-refractivity contribution >= 4 is 21.6 Å². The van der Waals surface area contributed by atoms with Gasteiger partial charge in [0.15, 0.2) is 0 Å². The average Bonchev–Trinajstić information content (AvgIpc) is 2.71. The quantitative estimate of drug-likeness (QED) is 0.523. The van der Waals surface area contributed by atoms with Gasteiger partial charge in [0.25, 0.3) is 5.91 Å². The van der Waals surface area contributed by atoms with Gasteiger partial charge in [-0.15, -0.1) is 0 Å². The van der Waals surface area contributed by atoms with Crippen LogP contribution in [0.25, 0.3) is 0 Å². The number of amides is 1. The summed E-state index contributed by atoms with van der Waals surface area (Å²) in [5, 5.41) is 2.80. The topological polar surface area (TPSA) is 84.5 Å². The fourth-order valence-corrected chi connectivity index (χ4v) is 3.97. The Balaban J connectivity index is 2.06. The minimum atomic E-state index is -3.57. The van der Waals surface area contributed by atoms with E-state index in [0.29, 0.717) is 30.0 Å². The highest BCUT2D eigenvalue weighted by atomic mass is 32.2. The molecule has 0 aliphatic heterocycles. The van der Waals surface area contributed by atoms with Crippen molar-refractivity contribution < 1.29 is 17.9 Å². The SMILES string of the molecule is CCCCCOc1ccccc1C(=O)Nc1ccc(S(=O)(=O)NC(C)CC)cc1. The van der Waals surface area contributed by atoms with Crippen LogP contribution in [-0.2, 0) is 10.0 Å². The van der Waals surface area contributed by atoms with E-state index in [2.05, 4.69) is 17.0 Å². The number of unbranched alkanes of at least 4 members (excludes halogenated alkanes) is 2. The van der Waals surface area contributed by atoms with Crippen molar-refractivity contribution in [1.82, 2.24) is 4.72 Å². The summed E-state index contributed by atoms with van der Waals surface area (Å²) in [6.07, 6.45) is 3.82. The van der Waals surface area contributed by atoms with Crippen LogP contribution in [0.1, 0.15) is 56.8 Å². The Hall–Kier alpha value is -2.38. The van der Waals surface area contributed by atoms with Crippen LogP contribution in [0.5, 0.6) is 5.75 Å². The lowest BCUT2D eigenvalue weighted by atomic mass is 10.2. The summed E-state index contributed by atoms with van der Waals surface area (Å²) in [6.45, 7) is 6.41. The Morgan fingerprint density at radius 2 is 1.72 bits per heavy atom. The first-order valence-corrected chi connectivity index (χ1v) is 11.5. The van der Waals surface area contributed by atoms with Gasteiger partial charge in [0, 0.05) is 11.7 Å². The van der Waals surface area contributed by atoms with Crippen LogP contribution in [0.15, 0.2) is 53.4 Å². The van der Waals surface area contributed by atoms with Crippen LogP contribution in [0, 0.1) is 0 Å². The molecule has 0 spiro atoms. The third-order valence-electron chi connectivity index (χ3n) is 4.53. The van der Waals surface area contributed by atoms with Crippen LogP contribution in [0.2, 0.25) is 0 Å². The third kappa shape index (κ3) is 6.87. The number of ether oxygens (including phenoxy) is 1. The number of hydrogen-bond donors (Lipinski definition) is 2. The van der Waals surface area contributed by atoms with E-state index in [-0.39, 0.29) is 16.8 Å². The molecule has 0 saturated carbocycles. The number of rotatable bonds is 11. The molecule has 158 valence electrons. The largest absolute Gasteiger partial charge is 0.493 e. The zero-order chi connectivity index (χ0) is 21.3. The van der Waals surface area contributed by atoms with E-state index in [0.717, 1.165) is 19.3 Å². The van der Waals surface area contributed by atoms with Crippen LogP contribution in [0.4, 0.5) is 5.69 Å². The summed E-state index contributed by atoms with van der Waals surface area (Å²) in [5.41, 5.74) is 0.956. The van der Waals surface area contributed by atoms with Gasteiger partial charge in [0.1, 0.15) is 5.75 Å². The van der Waals surface area contributed by atoms with E-state index in [9.17, 15) is 13.2 Å². The molecule has 2 aromatic carbocycles. The Morgan fingerprint density at radius 3 is 2.38 bits per heavy atom.